The minimum absolute atomic E-state index is 0.0346. The Kier molecular flexibility index (Phi) is 6.09. The number of thiazole rings is 1. The number of nitrogens with one attached hydrogen (secondary N) is 2. The molecule has 0 aliphatic carbocycles. The van der Waals surface area contributed by atoms with Gasteiger partial charge in [-0.3, -0.25) is 14.9 Å². The molecule has 0 radical (unpaired) electrons. The van der Waals surface area contributed by atoms with Crippen molar-refractivity contribution in [1.82, 2.24) is 9.97 Å². The number of aromatic amines is 1. The molecule has 0 saturated carbocycles. The van der Waals surface area contributed by atoms with Crippen molar-refractivity contribution in [2.24, 2.45) is 0 Å². The summed E-state index contributed by atoms with van der Waals surface area (Å²) in [6.45, 7) is -1.07. The van der Waals surface area contributed by atoms with Crippen LogP contribution in [0.3, 0.4) is 0 Å². The van der Waals surface area contributed by atoms with Gasteiger partial charge in [-0.15, -0.1) is 11.3 Å². The van der Waals surface area contributed by atoms with Crippen LogP contribution >= 0.6 is 11.3 Å². The molecule has 0 atom stereocenters. The third-order valence-corrected chi connectivity index (χ3v) is 5.50. The first-order valence-corrected chi connectivity index (χ1v) is 10.3. The van der Waals surface area contributed by atoms with Crippen LogP contribution in [0.1, 0.15) is 15.2 Å². The molecule has 0 unspecified atom stereocenters. The van der Waals surface area contributed by atoms with E-state index in [1.807, 2.05) is 37.3 Å². The molecule has 0 bridgehead atoms. The molecule has 2 aromatic carbocycles. The molecule has 32 heavy (non-hydrogen) atoms. The van der Waals surface area contributed by atoms with Crippen LogP contribution in [-0.2, 0) is 0 Å². The number of pyridine rings is 1. The molecule has 162 valence electrons. The number of H-pyrrole nitrogens is 1. The molecule has 2 heterocycles. The second-order valence-corrected chi connectivity index (χ2v) is 7.96. The summed E-state index contributed by atoms with van der Waals surface area (Å²) < 4.78 is 29.0. The molecule has 6 nitrogen and oxygen atoms in total. The monoisotopic (exact) mass is 453 g/mol. The van der Waals surface area contributed by atoms with Gasteiger partial charge in [0.15, 0.2) is 5.13 Å². The normalized spacial score (nSPS) is 10.9. The van der Waals surface area contributed by atoms with E-state index in [0.29, 0.717) is 22.1 Å². The average molecular weight is 453 g/mol. The number of benzene rings is 2. The maximum absolute atomic E-state index is 12.6. The van der Waals surface area contributed by atoms with Crippen molar-refractivity contribution in [2.45, 2.75) is 13.5 Å². The van der Waals surface area contributed by atoms with Crippen molar-refractivity contribution in [2.75, 3.05) is 5.32 Å². The maximum Gasteiger partial charge on any atom is 0.387 e. The number of carbonyl (C=O) groups excluding carboxylic acids is 1. The van der Waals surface area contributed by atoms with E-state index in [-0.39, 0.29) is 11.3 Å². The average Bonchev–Trinajstić information content (AvgIpc) is 3.14. The Morgan fingerprint density at radius 2 is 1.75 bits per heavy atom. The van der Waals surface area contributed by atoms with Gasteiger partial charge in [0.1, 0.15) is 11.3 Å². The van der Waals surface area contributed by atoms with Gasteiger partial charge >= 0.3 is 6.61 Å². The van der Waals surface area contributed by atoms with Gasteiger partial charge in [0.05, 0.1) is 5.69 Å². The highest BCUT2D eigenvalue weighted by Crippen LogP contribution is 2.31. The number of aromatic nitrogens is 2. The SMILES string of the molecule is Cc1sc(NC(=O)c2ccc(-c3ccccc3)[nH]c2=O)nc1-c1ccc(OC(F)F)cc1. The highest BCUT2D eigenvalue weighted by molar-refractivity contribution is 7.16. The van der Waals surface area contributed by atoms with E-state index in [0.717, 1.165) is 10.4 Å². The highest BCUT2D eigenvalue weighted by atomic mass is 32.1. The summed E-state index contributed by atoms with van der Waals surface area (Å²) in [6.07, 6.45) is 0. The smallest absolute Gasteiger partial charge is 0.387 e. The predicted molar refractivity (Wildman–Crippen MR) is 119 cm³/mol. The number of anilines is 1. The molecule has 0 saturated heterocycles. The van der Waals surface area contributed by atoms with Crippen molar-refractivity contribution >= 4 is 22.4 Å². The van der Waals surface area contributed by atoms with E-state index in [1.54, 1.807) is 18.2 Å². The largest absolute Gasteiger partial charge is 0.435 e. The van der Waals surface area contributed by atoms with E-state index in [4.69, 9.17) is 0 Å². The number of carbonyl (C=O) groups is 1. The summed E-state index contributed by atoms with van der Waals surface area (Å²) in [7, 11) is 0. The first-order chi connectivity index (χ1) is 15.4. The fourth-order valence-corrected chi connectivity index (χ4v) is 3.95. The molecule has 0 fully saturated rings. The molecule has 4 rings (SSSR count). The molecule has 2 N–H and O–H groups in total. The Labute approximate surface area is 185 Å². The van der Waals surface area contributed by atoms with Crippen LogP contribution in [0.25, 0.3) is 22.5 Å². The van der Waals surface area contributed by atoms with Crippen LogP contribution in [0.2, 0.25) is 0 Å². The van der Waals surface area contributed by atoms with E-state index in [1.165, 1.54) is 29.5 Å². The second-order valence-electron chi connectivity index (χ2n) is 6.76. The third-order valence-electron chi connectivity index (χ3n) is 4.61. The number of alkyl halides is 2. The van der Waals surface area contributed by atoms with Gasteiger partial charge in [-0.1, -0.05) is 30.3 Å². The summed E-state index contributed by atoms with van der Waals surface area (Å²) in [6, 6.07) is 18.5. The Morgan fingerprint density at radius 3 is 2.41 bits per heavy atom. The van der Waals surface area contributed by atoms with Crippen LogP contribution in [0.4, 0.5) is 13.9 Å². The zero-order chi connectivity index (χ0) is 22.7. The standard InChI is InChI=1S/C23H17F2N3O3S/c1-13-19(15-7-9-16(10-8-15)31-22(24)25)27-23(32-13)28-21(30)17-11-12-18(26-20(17)29)14-5-3-2-4-6-14/h2-12,22H,1H3,(H,26,29)(H,27,28,30). The number of nitrogens with zero attached hydrogens (tertiary/aromatic N) is 1. The fourth-order valence-electron chi connectivity index (χ4n) is 3.11. The Hall–Kier alpha value is -3.85. The Morgan fingerprint density at radius 1 is 1.03 bits per heavy atom. The predicted octanol–water partition coefficient (Wildman–Crippen LogP) is 5.33. The van der Waals surface area contributed by atoms with E-state index >= 15 is 0 Å². The lowest BCUT2D eigenvalue weighted by molar-refractivity contribution is -0.0498. The summed E-state index contributed by atoms with van der Waals surface area (Å²) >= 11 is 1.25. The molecule has 2 aromatic heterocycles. The third kappa shape index (κ3) is 4.73. The molecular formula is C23H17F2N3O3S. The number of aryl methyl sites for hydroxylation is 1. The Bertz CT molecular complexity index is 1300. The number of halogens is 2. The lowest BCUT2D eigenvalue weighted by Crippen LogP contribution is -2.23. The summed E-state index contributed by atoms with van der Waals surface area (Å²) in [5, 5.41) is 2.97. The summed E-state index contributed by atoms with van der Waals surface area (Å²) in [4.78, 5) is 33.0. The zero-order valence-electron chi connectivity index (χ0n) is 16.8. The number of rotatable bonds is 6. The van der Waals surface area contributed by atoms with Crippen LogP contribution in [-0.4, -0.2) is 22.5 Å². The Balaban J connectivity index is 1.51. The first-order valence-electron chi connectivity index (χ1n) is 9.53. The van der Waals surface area contributed by atoms with Gasteiger partial charge in [-0.2, -0.15) is 8.78 Å². The van der Waals surface area contributed by atoms with Crippen LogP contribution in [0.15, 0.2) is 71.5 Å². The van der Waals surface area contributed by atoms with Crippen LogP contribution in [0, 0.1) is 6.92 Å². The summed E-state index contributed by atoms with van der Waals surface area (Å²) in [5.41, 5.74) is 2.19. The van der Waals surface area contributed by atoms with Crippen molar-refractivity contribution in [3.05, 3.63) is 87.5 Å². The number of hydrogen-bond donors (Lipinski definition) is 2. The van der Waals surface area contributed by atoms with Gasteiger partial charge in [0, 0.05) is 16.1 Å². The molecular weight excluding hydrogens is 436 g/mol. The quantitative estimate of drug-likeness (QED) is 0.413. The molecule has 0 aliphatic heterocycles. The molecule has 4 aromatic rings. The van der Waals surface area contributed by atoms with Crippen molar-refractivity contribution in [3.8, 4) is 28.3 Å². The van der Waals surface area contributed by atoms with Crippen LogP contribution in [0.5, 0.6) is 5.75 Å². The summed E-state index contributed by atoms with van der Waals surface area (Å²) in [5.74, 6) is -0.532. The lowest BCUT2D eigenvalue weighted by atomic mass is 10.1. The van der Waals surface area contributed by atoms with Crippen molar-refractivity contribution in [1.29, 1.82) is 0 Å². The first kappa shape index (κ1) is 21.4. The number of ether oxygens (including phenoxy) is 1. The van der Waals surface area contributed by atoms with Gasteiger partial charge in [0.25, 0.3) is 11.5 Å². The lowest BCUT2D eigenvalue weighted by Gasteiger charge is -2.05. The molecule has 1 amide bonds. The van der Waals surface area contributed by atoms with Crippen molar-refractivity contribution in [3.63, 3.8) is 0 Å². The van der Waals surface area contributed by atoms with Gasteiger partial charge in [0.2, 0.25) is 0 Å². The maximum atomic E-state index is 12.6. The topological polar surface area (TPSA) is 84.1 Å². The minimum atomic E-state index is -2.89. The van der Waals surface area contributed by atoms with E-state index in [2.05, 4.69) is 20.0 Å². The van der Waals surface area contributed by atoms with Gasteiger partial charge < -0.3 is 9.72 Å². The van der Waals surface area contributed by atoms with E-state index < -0.39 is 18.1 Å². The van der Waals surface area contributed by atoms with Gasteiger partial charge in [-0.25, -0.2) is 4.98 Å². The number of hydrogen-bond acceptors (Lipinski definition) is 5. The van der Waals surface area contributed by atoms with Crippen molar-refractivity contribution < 1.29 is 18.3 Å². The zero-order valence-corrected chi connectivity index (χ0v) is 17.6. The molecule has 9 heteroatoms. The second kappa shape index (κ2) is 9.11. The molecule has 0 aliphatic rings. The molecule has 0 spiro atoms. The van der Waals surface area contributed by atoms with Gasteiger partial charge in [-0.05, 0) is 48.9 Å². The minimum Gasteiger partial charge on any atom is -0.435 e. The van der Waals surface area contributed by atoms with E-state index in [9.17, 15) is 18.4 Å². The highest BCUT2D eigenvalue weighted by Gasteiger charge is 2.16. The van der Waals surface area contributed by atoms with Crippen LogP contribution < -0.4 is 15.6 Å². The fraction of sp³-hybridized carbons (Fsp3) is 0.0870. The number of amides is 1.